The number of carbonyl (C=O) groups excluding carboxylic acids is 2. The van der Waals surface area contributed by atoms with Crippen LogP contribution < -0.4 is 15.4 Å². The van der Waals surface area contributed by atoms with E-state index in [1.165, 1.54) is 11.3 Å². The highest BCUT2D eigenvalue weighted by Crippen LogP contribution is 2.43. The van der Waals surface area contributed by atoms with Crippen LogP contribution >= 0.6 is 11.3 Å². The van der Waals surface area contributed by atoms with Gasteiger partial charge < -0.3 is 24.8 Å². The van der Waals surface area contributed by atoms with Gasteiger partial charge in [-0.15, -0.1) is 11.3 Å². The van der Waals surface area contributed by atoms with E-state index in [9.17, 15) is 9.59 Å². The van der Waals surface area contributed by atoms with Crippen LogP contribution in [0.5, 0.6) is 5.75 Å². The molecule has 2 N–H and O–H groups in total. The van der Waals surface area contributed by atoms with Crippen LogP contribution in [0, 0.1) is 0 Å². The molecule has 0 atom stereocenters. The molecule has 8 nitrogen and oxygen atoms in total. The maximum absolute atomic E-state index is 13.2. The van der Waals surface area contributed by atoms with Crippen LogP contribution in [0.4, 0.5) is 10.8 Å². The second-order valence-corrected chi connectivity index (χ2v) is 9.42. The molecule has 0 amide bonds. The van der Waals surface area contributed by atoms with Crippen LogP contribution in [0.15, 0.2) is 76.5 Å². The minimum absolute atomic E-state index is 0.214. The van der Waals surface area contributed by atoms with E-state index in [4.69, 9.17) is 19.2 Å². The minimum atomic E-state index is -0.698. The van der Waals surface area contributed by atoms with E-state index in [-0.39, 0.29) is 13.2 Å². The third-order valence-electron chi connectivity index (χ3n) is 6.13. The molecule has 0 aliphatic carbocycles. The molecular formula is C29H31N3O5S. The molecule has 9 heteroatoms. The van der Waals surface area contributed by atoms with Crippen LogP contribution in [-0.2, 0) is 19.1 Å². The fourth-order valence-corrected chi connectivity index (χ4v) is 5.22. The summed E-state index contributed by atoms with van der Waals surface area (Å²) >= 11 is 1.46. The Bertz CT molecular complexity index is 1370. The summed E-state index contributed by atoms with van der Waals surface area (Å²) < 4.78 is 16.2. The van der Waals surface area contributed by atoms with Gasteiger partial charge in [0.15, 0.2) is 5.13 Å². The predicted molar refractivity (Wildman–Crippen MR) is 148 cm³/mol. The van der Waals surface area contributed by atoms with Crippen molar-refractivity contribution in [2.24, 2.45) is 0 Å². The number of nitrogens with zero attached hydrogens (tertiary/aromatic N) is 1. The molecule has 0 bridgehead atoms. The van der Waals surface area contributed by atoms with E-state index < -0.39 is 17.9 Å². The van der Waals surface area contributed by atoms with Crippen molar-refractivity contribution >= 4 is 34.1 Å². The van der Waals surface area contributed by atoms with Gasteiger partial charge in [-0.3, -0.25) is 0 Å². The molecule has 4 rings (SSSR count). The van der Waals surface area contributed by atoms with Gasteiger partial charge in [-0.25, -0.2) is 14.6 Å². The van der Waals surface area contributed by atoms with Gasteiger partial charge in [-0.05, 0) is 51.5 Å². The van der Waals surface area contributed by atoms with Crippen molar-refractivity contribution in [2.45, 2.75) is 33.6 Å². The first-order chi connectivity index (χ1) is 18.4. The third-order valence-corrected chi connectivity index (χ3v) is 6.89. The number of methoxy groups -OCH3 is 1. The second kappa shape index (κ2) is 12.0. The van der Waals surface area contributed by atoms with Crippen molar-refractivity contribution in [3.05, 3.63) is 82.0 Å². The summed E-state index contributed by atoms with van der Waals surface area (Å²) in [6.07, 6.45) is 0. The zero-order valence-electron chi connectivity index (χ0n) is 22.1. The van der Waals surface area contributed by atoms with E-state index in [2.05, 4.69) is 10.6 Å². The van der Waals surface area contributed by atoms with Gasteiger partial charge in [0.05, 0.1) is 43.1 Å². The predicted octanol–water partition coefficient (Wildman–Crippen LogP) is 5.92. The van der Waals surface area contributed by atoms with E-state index in [0.717, 1.165) is 28.3 Å². The van der Waals surface area contributed by atoms with Crippen LogP contribution in [0.2, 0.25) is 0 Å². The molecular weight excluding hydrogens is 502 g/mol. The highest BCUT2D eigenvalue weighted by Gasteiger charge is 2.39. The number of hydrogen-bond acceptors (Lipinski definition) is 9. The zero-order valence-corrected chi connectivity index (χ0v) is 22.9. The lowest BCUT2D eigenvalue weighted by atomic mass is 9.79. The van der Waals surface area contributed by atoms with Gasteiger partial charge in [0, 0.05) is 28.0 Å². The monoisotopic (exact) mass is 533 g/mol. The average Bonchev–Trinajstić information content (AvgIpc) is 3.37. The first-order valence-electron chi connectivity index (χ1n) is 12.4. The van der Waals surface area contributed by atoms with Crippen LogP contribution in [-0.4, -0.2) is 37.2 Å². The Hall–Kier alpha value is -4.11. The average molecular weight is 534 g/mol. The van der Waals surface area contributed by atoms with Crippen molar-refractivity contribution in [3.8, 4) is 17.0 Å². The molecule has 0 radical (unpaired) electrons. The van der Waals surface area contributed by atoms with Crippen LogP contribution in [0.1, 0.15) is 39.2 Å². The lowest BCUT2D eigenvalue weighted by Gasteiger charge is -2.31. The second-order valence-electron chi connectivity index (χ2n) is 8.56. The quantitative estimate of drug-likeness (QED) is 0.327. The highest BCUT2D eigenvalue weighted by atomic mass is 32.1. The summed E-state index contributed by atoms with van der Waals surface area (Å²) in [6.45, 7) is 7.55. The van der Waals surface area contributed by atoms with Crippen molar-refractivity contribution in [3.63, 3.8) is 0 Å². The van der Waals surface area contributed by atoms with Gasteiger partial charge in [0.1, 0.15) is 5.75 Å². The van der Waals surface area contributed by atoms with Gasteiger partial charge in [0.25, 0.3) is 0 Å². The summed E-state index contributed by atoms with van der Waals surface area (Å²) in [6, 6.07) is 15.3. The lowest BCUT2D eigenvalue weighted by molar-refractivity contribution is -0.139. The number of allylic oxidation sites excluding steroid dienone is 2. The molecule has 3 aromatic rings. The highest BCUT2D eigenvalue weighted by molar-refractivity contribution is 7.14. The van der Waals surface area contributed by atoms with E-state index >= 15 is 0 Å². The lowest BCUT2D eigenvalue weighted by Crippen LogP contribution is -2.32. The standard InChI is InChI=1S/C29H31N3O5S/c1-6-36-27(33)24-17(3)30-18(4)25(28(34)37-7-2)26(24)21-13-8-9-14-22(21)31-29-32-23(16-38-29)19-11-10-12-20(15-19)35-5/h8-16,26,30H,6-7H2,1-5H3,(H,31,32). The first-order valence-corrected chi connectivity index (χ1v) is 13.2. The number of dihydropyridines is 1. The van der Waals surface area contributed by atoms with E-state index in [1.807, 2.05) is 67.8 Å². The summed E-state index contributed by atoms with van der Waals surface area (Å²) in [5.41, 5.74) is 5.18. The van der Waals surface area contributed by atoms with Crippen LogP contribution in [0.25, 0.3) is 11.3 Å². The Morgan fingerprint density at radius 2 is 1.63 bits per heavy atom. The van der Waals surface area contributed by atoms with Gasteiger partial charge in [-0.2, -0.15) is 0 Å². The molecule has 0 saturated heterocycles. The van der Waals surface area contributed by atoms with Crippen LogP contribution in [0.3, 0.4) is 0 Å². The molecule has 0 saturated carbocycles. The van der Waals surface area contributed by atoms with Crippen molar-refractivity contribution < 1.29 is 23.8 Å². The topological polar surface area (TPSA) is 98.8 Å². The number of ether oxygens (including phenoxy) is 3. The number of nitrogens with one attached hydrogen (secondary N) is 2. The molecule has 38 heavy (non-hydrogen) atoms. The molecule has 1 aliphatic rings. The molecule has 0 spiro atoms. The number of anilines is 2. The van der Waals surface area contributed by atoms with E-state index in [1.54, 1.807) is 21.0 Å². The largest absolute Gasteiger partial charge is 0.497 e. The van der Waals surface area contributed by atoms with Crippen molar-refractivity contribution in [2.75, 3.05) is 25.6 Å². The molecule has 1 aliphatic heterocycles. The molecule has 198 valence electrons. The number of para-hydroxylation sites is 1. The Labute approximate surface area is 226 Å². The summed E-state index contributed by atoms with van der Waals surface area (Å²) in [4.78, 5) is 31.1. The van der Waals surface area contributed by atoms with Crippen molar-refractivity contribution in [1.82, 2.24) is 10.3 Å². The zero-order chi connectivity index (χ0) is 27.2. The fraction of sp³-hybridized carbons (Fsp3) is 0.276. The number of benzene rings is 2. The number of hydrogen-bond donors (Lipinski definition) is 2. The Morgan fingerprint density at radius 3 is 2.26 bits per heavy atom. The smallest absolute Gasteiger partial charge is 0.336 e. The first kappa shape index (κ1) is 26.9. The molecule has 0 fully saturated rings. The summed E-state index contributed by atoms with van der Waals surface area (Å²) in [5, 5.41) is 9.21. The molecule has 1 aromatic heterocycles. The van der Waals surface area contributed by atoms with E-state index in [0.29, 0.717) is 27.7 Å². The number of rotatable bonds is 9. The Morgan fingerprint density at radius 1 is 0.974 bits per heavy atom. The number of carbonyl (C=O) groups is 2. The fourth-order valence-electron chi connectivity index (χ4n) is 4.49. The van der Waals surface area contributed by atoms with Gasteiger partial charge in [-0.1, -0.05) is 30.3 Å². The Balaban J connectivity index is 1.77. The molecule has 2 aromatic carbocycles. The maximum Gasteiger partial charge on any atom is 0.336 e. The van der Waals surface area contributed by atoms with Gasteiger partial charge >= 0.3 is 11.9 Å². The van der Waals surface area contributed by atoms with Gasteiger partial charge in [0.2, 0.25) is 0 Å². The molecule has 0 unspecified atom stereocenters. The maximum atomic E-state index is 13.2. The Kier molecular flexibility index (Phi) is 8.48. The third kappa shape index (κ3) is 5.57. The number of esters is 2. The summed E-state index contributed by atoms with van der Waals surface area (Å²) in [7, 11) is 1.63. The number of thiazole rings is 1. The normalized spacial score (nSPS) is 13.7. The molecule has 2 heterocycles. The SMILES string of the molecule is CCOC(=O)C1=C(C)NC(C)=C(C(=O)OCC)C1c1ccccc1Nc1nc(-c2cccc(OC)c2)cs1. The minimum Gasteiger partial charge on any atom is -0.497 e. The summed E-state index contributed by atoms with van der Waals surface area (Å²) in [5.74, 6) is -0.915. The van der Waals surface area contributed by atoms with Crippen molar-refractivity contribution in [1.29, 1.82) is 0 Å². The number of aromatic nitrogens is 1.